The monoisotopic (exact) mass is 189 g/mol. The van der Waals surface area contributed by atoms with Crippen LogP contribution in [0.2, 0.25) is 0 Å². The van der Waals surface area contributed by atoms with Crippen LogP contribution in [-0.4, -0.2) is 4.98 Å². The van der Waals surface area contributed by atoms with Crippen molar-refractivity contribution in [1.29, 1.82) is 0 Å². The number of H-pyrrole nitrogens is 1. The highest BCUT2D eigenvalue weighted by atomic mass is 16.1. The van der Waals surface area contributed by atoms with Crippen molar-refractivity contribution in [3.8, 4) is 0 Å². The van der Waals surface area contributed by atoms with E-state index in [-0.39, 0.29) is 5.56 Å². The number of hydrogen-bond donors (Lipinski definition) is 1. The first-order valence-corrected chi connectivity index (χ1v) is 5.33. The van der Waals surface area contributed by atoms with Crippen molar-refractivity contribution in [3.63, 3.8) is 0 Å². The van der Waals surface area contributed by atoms with Crippen LogP contribution < -0.4 is 5.56 Å². The molecule has 14 heavy (non-hydrogen) atoms. The molecule has 2 atom stereocenters. The molecule has 2 heteroatoms. The quantitative estimate of drug-likeness (QED) is 0.665. The third-order valence-corrected chi connectivity index (χ3v) is 4.13. The topological polar surface area (TPSA) is 32.9 Å². The first-order valence-electron chi connectivity index (χ1n) is 5.33. The van der Waals surface area contributed by atoms with Crippen LogP contribution in [-0.2, 0) is 6.42 Å². The maximum Gasteiger partial charge on any atom is 0.248 e. The molecule has 3 rings (SSSR count). The molecule has 0 radical (unpaired) electrons. The average Bonchev–Trinajstić information content (AvgIpc) is 2.70. The number of fused-ring (bicyclic) bond motifs is 3. The van der Waals surface area contributed by atoms with Gasteiger partial charge < -0.3 is 4.98 Å². The van der Waals surface area contributed by atoms with Gasteiger partial charge in [-0.3, -0.25) is 4.79 Å². The van der Waals surface area contributed by atoms with Gasteiger partial charge in [-0.15, -0.1) is 0 Å². The van der Waals surface area contributed by atoms with E-state index in [4.69, 9.17) is 0 Å². The van der Waals surface area contributed by atoms with Crippen molar-refractivity contribution in [1.82, 2.24) is 4.98 Å². The molecule has 1 saturated carbocycles. The molecule has 0 bridgehead atoms. The van der Waals surface area contributed by atoms with Crippen molar-refractivity contribution in [2.24, 2.45) is 11.3 Å². The fourth-order valence-corrected chi connectivity index (χ4v) is 3.18. The van der Waals surface area contributed by atoms with E-state index < -0.39 is 0 Å². The van der Waals surface area contributed by atoms with Crippen LogP contribution in [0, 0.1) is 11.3 Å². The van der Waals surface area contributed by atoms with Gasteiger partial charge in [-0.2, -0.15) is 0 Å². The summed E-state index contributed by atoms with van der Waals surface area (Å²) in [6, 6.07) is 3.65. The highest BCUT2D eigenvalue weighted by molar-refractivity contribution is 5.36. The lowest BCUT2D eigenvalue weighted by molar-refractivity contribution is 0.535. The van der Waals surface area contributed by atoms with Gasteiger partial charge in [0.15, 0.2) is 0 Å². The molecule has 2 aliphatic rings. The summed E-state index contributed by atoms with van der Waals surface area (Å²) in [5.74, 6) is 1.41. The Morgan fingerprint density at radius 3 is 3.00 bits per heavy atom. The lowest BCUT2D eigenvalue weighted by Gasteiger charge is -2.13. The van der Waals surface area contributed by atoms with Crippen LogP contribution in [0.4, 0.5) is 0 Å². The predicted molar refractivity (Wildman–Crippen MR) is 55.4 cm³/mol. The van der Waals surface area contributed by atoms with Crippen LogP contribution in [0.1, 0.15) is 37.4 Å². The second-order valence-corrected chi connectivity index (χ2v) is 5.21. The maximum absolute atomic E-state index is 11.3. The van der Waals surface area contributed by atoms with E-state index in [9.17, 15) is 4.79 Å². The summed E-state index contributed by atoms with van der Waals surface area (Å²) in [7, 11) is 0. The molecule has 0 saturated heterocycles. The van der Waals surface area contributed by atoms with Crippen LogP contribution in [0.15, 0.2) is 16.9 Å². The summed E-state index contributed by atoms with van der Waals surface area (Å²) < 4.78 is 0. The molecule has 1 fully saturated rings. The van der Waals surface area contributed by atoms with Gasteiger partial charge in [-0.25, -0.2) is 0 Å². The van der Waals surface area contributed by atoms with Crippen LogP contribution >= 0.6 is 0 Å². The van der Waals surface area contributed by atoms with Crippen molar-refractivity contribution in [3.05, 3.63) is 33.7 Å². The minimum Gasteiger partial charge on any atom is -0.326 e. The third-order valence-electron chi connectivity index (χ3n) is 4.13. The van der Waals surface area contributed by atoms with E-state index in [1.165, 1.54) is 17.7 Å². The first kappa shape index (κ1) is 8.27. The van der Waals surface area contributed by atoms with Crippen molar-refractivity contribution < 1.29 is 0 Å². The summed E-state index contributed by atoms with van der Waals surface area (Å²) in [6.45, 7) is 4.62. The minimum atomic E-state index is 0.0482. The van der Waals surface area contributed by atoms with Gasteiger partial charge in [-0.05, 0) is 29.7 Å². The van der Waals surface area contributed by atoms with Crippen molar-refractivity contribution in [2.75, 3.05) is 0 Å². The van der Waals surface area contributed by atoms with E-state index in [1.54, 1.807) is 6.07 Å². The number of aromatic amines is 1. The number of rotatable bonds is 0. The lowest BCUT2D eigenvalue weighted by atomic mass is 9.96. The summed E-state index contributed by atoms with van der Waals surface area (Å²) in [4.78, 5) is 14.3. The third kappa shape index (κ3) is 0.887. The number of aromatic nitrogens is 1. The van der Waals surface area contributed by atoms with Gasteiger partial charge in [0.1, 0.15) is 0 Å². The molecule has 2 aliphatic carbocycles. The number of aryl methyl sites for hydroxylation is 1. The zero-order valence-corrected chi connectivity index (χ0v) is 8.63. The zero-order valence-electron chi connectivity index (χ0n) is 8.63. The first-order chi connectivity index (χ1) is 6.60. The molecular weight excluding hydrogens is 174 g/mol. The van der Waals surface area contributed by atoms with Crippen LogP contribution in [0.3, 0.4) is 0 Å². The van der Waals surface area contributed by atoms with Gasteiger partial charge >= 0.3 is 0 Å². The lowest BCUT2D eigenvalue weighted by Crippen LogP contribution is -2.12. The standard InChI is InChI=1S/C12H15NO/c1-12(2)8-5-3-7-4-6-9(14)13-11(7)10(8)12/h4,6,8,10H,3,5H2,1-2H3,(H,13,14)/t8-,10-/m0/s1. The molecule has 0 spiro atoms. The van der Waals surface area contributed by atoms with Crippen LogP contribution in [0.25, 0.3) is 0 Å². The van der Waals surface area contributed by atoms with E-state index >= 15 is 0 Å². The summed E-state index contributed by atoms with van der Waals surface area (Å²) in [5.41, 5.74) is 3.04. The fourth-order valence-electron chi connectivity index (χ4n) is 3.18. The molecule has 0 aromatic carbocycles. The second kappa shape index (κ2) is 2.30. The Hall–Kier alpha value is -1.05. The molecule has 1 aromatic heterocycles. The van der Waals surface area contributed by atoms with Gasteiger partial charge in [0.2, 0.25) is 5.56 Å². The molecule has 0 unspecified atom stereocenters. The number of nitrogens with one attached hydrogen (secondary N) is 1. The largest absolute Gasteiger partial charge is 0.326 e. The highest BCUT2D eigenvalue weighted by Crippen LogP contribution is 2.67. The zero-order chi connectivity index (χ0) is 9.92. The van der Waals surface area contributed by atoms with Gasteiger partial charge in [-0.1, -0.05) is 19.9 Å². The number of pyridine rings is 1. The fraction of sp³-hybridized carbons (Fsp3) is 0.583. The SMILES string of the molecule is CC1(C)[C@@H]2c3[nH]c(=O)ccc3CC[C@@H]21. The molecule has 2 nitrogen and oxygen atoms in total. The Kier molecular flexibility index (Phi) is 1.36. The van der Waals surface area contributed by atoms with Crippen molar-refractivity contribution >= 4 is 0 Å². The van der Waals surface area contributed by atoms with Gasteiger partial charge in [0, 0.05) is 17.7 Å². The Balaban J connectivity index is 2.15. The summed E-state index contributed by atoms with van der Waals surface area (Å²) in [6.07, 6.45) is 2.42. The number of hydrogen-bond acceptors (Lipinski definition) is 1. The van der Waals surface area contributed by atoms with E-state index in [1.807, 2.05) is 6.07 Å². The molecule has 1 N–H and O–H groups in total. The van der Waals surface area contributed by atoms with E-state index in [0.717, 1.165) is 12.3 Å². The Labute approximate surface area is 83.4 Å². The summed E-state index contributed by atoms with van der Waals surface area (Å²) in [5, 5.41) is 0. The normalized spacial score (nSPS) is 31.9. The molecule has 1 aromatic rings. The summed E-state index contributed by atoms with van der Waals surface area (Å²) >= 11 is 0. The molecule has 0 aliphatic heterocycles. The smallest absolute Gasteiger partial charge is 0.248 e. The Morgan fingerprint density at radius 2 is 2.21 bits per heavy atom. The molecule has 0 amide bonds. The highest BCUT2D eigenvalue weighted by Gasteiger charge is 2.60. The molecular formula is C12H15NO. The Bertz CT molecular complexity index is 444. The van der Waals surface area contributed by atoms with Gasteiger partial charge in [0.25, 0.3) is 0 Å². The van der Waals surface area contributed by atoms with E-state index in [0.29, 0.717) is 11.3 Å². The average molecular weight is 189 g/mol. The van der Waals surface area contributed by atoms with Gasteiger partial charge in [0.05, 0.1) is 0 Å². The predicted octanol–water partition coefficient (Wildman–Crippen LogP) is 2.06. The van der Waals surface area contributed by atoms with Crippen molar-refractivity contribution in [2.45, 2.75) is 32.6 Å². The van der Waals surface area contributed by atoms with E-state index in [2.05, 4.69) is 18.8 Å². The maximum atomic E-state index is 11.3. The second-order valence-electron chi connectivity index (χ2n) is 5.21. The molecule has 74 valence electrons. The Morgan fingerprint density at radius 1 is 1.43 bits per heavy atom. The van der Waals surface area contributed by atoms with Crippen LogP contribution in [0.5, 0.6) is 0 Å². The molecule has 1 heterocycles. The minimum absolute atomic E-state index is 0.0482.